The zero-order chi connectivity index (χ0) is 14.0. The van der Waals surface area contributed by atoms with Gasteiger partial charge in [-0.15, -0.1) is 0 Å². The Labute approximate surface area is 119 Å². The van der Waals surface area contributed by atoms with Crippen LogP contribution in [0.2, 0.25) is 0 Å². The van der Waals surface area contributed by atoms with Crippen molar-refractivity contribution in [2.45, 2.75) is 39.2 Å². The van der Waals surface area contributed by atoms with Gasteiger partial charge in [-0.3, -0.25) is 4.79 Å². The lowest BCUT2D eigenvalue weighted by molar-refractivity contribution is -0.120. The van der Waals surface area contributed by atoms with Gasteiger partial charge in [0, 0.05) is 0 Å². The van der Waals surface area contributed by atoms with Crippen LogP contribution in [0.15, 0.2) is 18.2 Å². The van der Waals surface area contributed by atoms with Gasteiger partial charge in [0.15, 0.2) is 0 Å². The van der Waals surface area contributed by atoms with Crippen molar-refractivity contribution in [2.24, 2.45) is 11.7 Å². The van der Waals surface area contributed by atoms with E-state index < -0.39 is 0 Å². The van der Waals surface area contributed by atoms with E-state index in [9.17, 15) is 4.79 Å². The molecule has 1 unspecified atom stereocenters. The highest BCUT2D eigenvalue weighted by atomic mass is 32.1. The van der Waals surface area contributed by atoms with Gasteiger partial charge in [-0.2, -0.15) is 0 Å². The fourth-order valence-corrected chi connectivity index (χ4v) is 2.49. The third-order valence-electron chi connectivity index (χ3n) is 3.57. The maximum absolute atomic E-state index is 12.1. The summed E-state index contributed by atoms with van der Waals surface area (Å²) in [6.45, 7) is 4.05. The molecular formula is C15H20N2OS. The highest BCUT2D eigenvalue weighted by Crippen LogP contribution is 2.32. The molecule has 0 saturated heterocycles. The van der Waals surface area contributed by atoms with Gasteiger partial charge in [0.05, 0.1) is 17.5 Å². The van der Waals surface area contributed by atoms with Gasteiger partial charge in [0.2, 0.25) is 5.91 Å². The number of amides is 1. The summed E-state index contributed by atoms with van der Waals surface area (Å²) in [6, 6.07) is 6.03. The Morgan fingerprint density at radius 2 is 2.16 bits per heavy atom. The van der Waals surface area contributed by atoms with Gasteiger partial charge in [0.25, 0.3) is 0 Å². The molecule has 1 aliphatic rings. The van der Waals surface area contributed by atoms with E-state index in [0.717, 1.165) is 24.0 Å². The van der Waals surface area contributed by atoms with Crippen LogP contribution < -0.4 is 11.1 Å². The van der Waals surface area contributed by atoms with Crippen molar-refractivity contribution in [1.29, 1.82) is 0 Å². The fourth-order valence-electron chi connectivity index (χ4n) is 2.24. The summed E-state index contributed by atoms with van der Waals surface area (Å²) in [7, 11) is 0. The molecule has 1 atom stereocenters. The second-order valence-corrected chi connectivity index (χ2v) is 5.86. The van der Waals surface area contributed by atoms with E-state index in [-0.39, 0.29) is 11.9 Å². The van der Waals surface area contributed by atoms with E-state index in [1.807, 2.05) is 19.9 Å². The van der Waals surface area contributed by atoms with Crippen molar-refractivity contribution in [3.63, 3.8) is 0 Å². The van der Waals surface area contributed by atoms with Crippen LogP contribution in [0.5, 0.6) is 0 Å². The lowest BCUT2D eigenvalue weighted by atomic mass is 10.0. The minimum absolute atomic E-state index is 0.00148. The number of nitrogens with one attached hydrogen (secondary N) is 1. The second-order valence-electron chi connectivity index (χ2n) is 5.39. The molecule has 0 radical (unpaired) electrons. The Balaban J connectivity index is 2.00. The van der Waals surface area contributed by atoms with Crippen molar-refractivity contribution in [3.05, 3.63) is 34.9 Å². The molecule has 0 spiro atoms. The van der Waals surface area contributed by atoms with Crippen LogP contribution in [-0.4, -0.2) is 16.9 Å². The largest absolute Gasteiger partial charge is 0.392 e. The summed E-state index contributed by atoms with van der Waals surface area (Å²) in [6.07, 6.45) is 2.59. The third-order valence-corrected chi connectivity index (χ3v) is 3.83. The van der Waals surface area contributed by atoms with Gasteiger partial charge >= 0.3 is 0 Å². The molecule has 1 aromatic carbocycles. The van der Waals surface area contributed by atoms with Gasteiger partial charge in [-0.1, -0.05) is 36.0 Å². The Bertz CT molecular complexity index is 509. The molecule has 1 fully saturated rings. The number of rotatable bonds is 5. The van der Waals surface area contributed by atoms with Crippen LogP contribution in [0.3, 0.4) is 0 Å². The molecule has 102 valence electrons. The predicted molar refractivity (Wildman–Crippen MR) is 81.1 cm³/mol. The van der Waals surface area contributed by atoms with Gasteiger partial charge in [-0.05, 0) is 43.7 Å². The molecule has 1 saturated carbocycles. The smallest absolute Gasteiger partial charge is 0.225 e. The van der Waals surface area contributed by atoms with Crippen LogP contribution in [0, 0.1) is 19.8 Å². The molecule has 0 aromatic heterocycles. The summed E-state index contributed by atoms with van der Waals surface area (Å²) in [5, 5.41) is 2.97. The maximum Gasteiger partial charge on any atom is 0.225 e. The molecular weight excluding hydrogens is 256 g/mol. The Morgan fingerprint density at radius 3 is 2.74 bits per heavy atom. The van der Waals surface area contributed by atoms with E-state index in [4.69, 9.17) is 18.0 Å². The minimum atomic E-state index is -0.132. The summed E-state index contributed by atoms with van der Waals surface area (Å²) in [5.74, 6) is 0.443. The van der Waals surface area contributed by atoms with E-state index in [1.165, 1.54) is 5.56 Å². The first-order valence-electron chi connectivity index (χ1n) is 6.62. The number of aryl methyl sites for hydroxylation is 2. The number of hydrogen-bond acceptors (Lipinski definition) is 2. The van der Waals surface area contributed by atoms with E-state index in [1.54, 1.807) is 0 Å². The van der Waals surface area contributed by atoms with Crippen molar-refractivity contribution in [1.82, 2.24) is 5.32 Å². The average Bonchev–Trinajstić information content (AvgIpc) is 3.14. The molecule has 1 aliphatic carbocycles. The number of benzene rings is 1. The first-order chi connectivity index (χ1) is 8.97. The number of hydrogen-bond donors (Lipinski definition) is 2. The number of carbonyl (C=O) groups is 1. The molecule has 19 heavy (non-hydrogen) atoms. The molecule has 4 heteroatoms. The Hall–Kier alpha value is -1.42. The van der Waals surface area contributed by atoms with E-state index in [0.29, 0.717) is 17.3 Å². The molecule has 0 heterocycles. The van der Waals surface area contributed by atoms with E-state index in [2.05, 4.69) is 17.4 Å². The third kappa shape index (κ3) is 3.77. The van der Waals surface area contributed by atoms with Crippen LogP contribution in [0.4, 0.5) is 0 Å². The number of carbonyl (C=O) groups excluding carboxylic acids is 1. The minimum Gasteiger partial charge on any atom is -0.392 e. The normalized spacial score (nSPS) is 15.9. The van der Waals surface area contributed by atoms with Crippen LogP contribution in [0.1, 0.15) is 29.5 Å². The van der Waals surface area contributed by atoms with Gasteiger partial charge in [0.1, 0.15) is 0 Å². The molecule has 1 aromatic rings. The average molecular weight is 276 g/mol. The summed E-state index contributed by atoms with van der Waals surface area (Å²) < 4.78 is 0. The fraction of sp³-hybridized carbons (Fsp3) is 0.467. The zero-order valence-electron chi connectivity index (χ0n) is 11.4. The molecule has 0 aliphatic heterocycles. The van der Waals surface area contributed by atoms with Crippen molar-refractivity contribution in [3.8, 4) is 0 Å². The molecule has 0 bridgehead atoms. The maximum atomic E-state index is 12.1. The quantitative estimate of drug-likeness (QED) is 0.809. The first kappa shape index (κ1) is 14.0. The molecule has 3 nitrogen and oxygen atoms in total. The summed E-state index contributed by atoms with van der Waals surface area (Å²) >= 11 is 5.03. The van der Waals surface area contributed by atoms with Crippen LogP contribution in [-0.2, 0) is 11.2 Å². The van der Waals surface area contributed by atoms with Crippen molar-refractivity contribution >= 4 is 23.1 Å². The highest BCUT2D eigenvalue weighted by Gasteiger charge is 2.34. The summed E-state index contributed by atoms with van der Waals surface area (Å²) in [5.41, 5.74) is 9.06. The van der Waals surface area contributed by atoms with Crippen molar-refractivity contribution in [2.75, 3.05) is 0 Å². The zero-order valence-corrected chi connectivity index (χ0v) is 12.2. The summed E-state index contributed by atoms with van der Waals surface area (Å²) in [4.78, 5) is 12.5. The lowest BCUT2D eigenvalue weighted by Gasteiger charge is -2.17. The number of nitrogens with two attached hydrogens (primary N) is 1. The molecule has 3 N–H and O–H groups in total. The topological polar surface area (TPSA) is 55.1 Å². The van der Waals surface area contributed by atoms with Crippen LogP contribution in [0.25, 0.3) is 0 Å². The predicted octanol–water partition coefficient (Wildman–Crippen LogP) is 2.03. The highest BCUT2D eigenvalue weighted by molar-refractivity contribution is 7.80. The number of thiocarbonyl (C=S) groups is 1. The monoisotopic (exact) mass is 276 g/mol. The Morgan fingerprint density at radius 1 is 1.47 bits per heavy atom. The van der Waals surface area contributed by atoms with E-state index >= 15 is 0 Å². The lowest BCUT2D eigenvalue weighted by Crippen LogP contribution is -2.45. The SMILES string of the molecule is Cc1ccc(C)c(CC(=O)NC(C(N)=S)C2CC2)c1. The van der Waals surface area contributed by atoms with Crippen molar-refractivity contribution < 1.29 is 4.79 Å². The van der Waals surface area contributed by atoms with Crippen LogP contribution >= 0.6 is 12.2 Å². The molecule has 2 rings (SSSR count). The van der Waals surface area contributed by atoms with Gasteiger partial charge < -0.3 is 11.1 Å². The first-order valence-corrected chi connectivity index (χ1v) is 7.03. The molecule has 1 amide bonds. The standard InChI is InChI=1S/C15H20N2OS/c1-9-3-4-10(2)12(7-9)8-13(18)17-14(15(16)19)11-5-6-11/h3-4,7,11,14H,5-6,8H2,1-2H3,(H2,16,19)(H,17,18). The second kappa shape index (κ2) is 5.70. The van der Waals surface area contributed by atoms with Gasteiger partial charge in [-0.25, -0.2) is 0 Å². The Kier molecular flexibility index (Phi) is 4.20.